The standard InChI is InChI=1S/C15H12ClFO2/c16-12-3-4-13(14(17)6-12)15(18)9-1-2-10-7-19-8-11(10)5-9/h1-6,15,18H,7-8H2. The normalized spacial score (nSPS) is 15.3. The summed E-state index contributed by atoms with van der Waals surface area (Å²) in [4.78, 5) is 0. The molecule has 19 heavy (non-hydrogen) atoms. The van der Waals surface area contributed by atoms with Crippen LogP contribution in [0, 0.1) is 5.82 Å². The molecule has 1 unspecified atom stereocenters. The second kappa shape index (κ2) is 4.93. The van der Waals surface area contributed by atoms with Crippen LogP contribution >= 0.6 is 11.6 Å². The zero-order chi connectivity index (χ0) is 13.4. The minimum Gasteiger partial charge on any atom is -0.384 e. The number of fused-ring (bicyclic) bond motifs is 1. The zero-order valence-electron chi connectivity index (χ0n) is 10.1. The van der Waals surface area contributed by atoms with Crippen molar-refractivity contribution >= 4 is 11.6 Å². The molecule has 3 rings (SSSR count). The first kappa shape index (κ1) is 12.6. The summed E-state index contributed by atoms with van der Waals surface area (Å²) in [5, 5.41) is 10.6. The van der Waals surface area contributed by atoms with Gasteiger partial charge in [0.1, 0.15) is 11.9 Å². The Kier molecular flexibility index (Phi) is 3.27. The molecule has 0 radical (unpaired) electrons. The first-order valence-electron chi connectivity index (χ1n) is 5.97. The van der Waals surface area contributed by atoms with Gasteiger partial charge in [-0.05, 0) is 28.8 Å². The fraction of sp³-hybridized carbons (Fsp3) is 0.200. The summed E-state index contributed by atoms with van der Waals surface area (Å²) < 4.78 is 19.1. The monoisotopic (exact) mass is 278 g/mol. The van der Waals surface area contributed by atoms with Gasteiger partial charge in [-0.25, -0.2) is 4.39 Å². The van der Waals surface area contributed by atoms with Gasteiger partial charge in [-0.1, -0.05) is 35.9 Å². The van der Waals surface area contributed by atoms with Crippen molar-refractivity contribution in [3.63, 3.8) is 0 Å². The van der Waals surface area contributed by atoms with E-state index in [9.17, 15) is 9.50 Å². The van der Waals surface area contributed by atoms with Gasteiger partial charge in [0.25, 0.3) is 0 Å². The van der Waals surface area contributed by atoms with Gasteiger partial charge in [-0.15, -0.1) is 0 Å². The van der Waals surface area contributed by atoms with Gasteiger partial charge in [-0.3, -0.25) is 0 Å². The van der Waals surface area contributed by atoms with Gasteiger partial charge in [0, 0.05) is 10.6 Å². The van der Waals surface area contributed by atoms with Crippen molar-refractivity contribution in [3.05, 3.63) is 69.5 Å². The fourth-order valence-electron chi connectivity index (χ4n) is 2.26. The molecular formula is C15H12ClFO2. The number of hydrogen-bond donors (Lipinski definition) is 1. The highest BCUT2D eigenvalue weighted by Gasteiger charge is 2.18. The van der Waals surface area contributed by atoms with E-state index in [2.05, 4.69) is 0 Å². The van der Waals surface area contributed by atoms with E-state index in [1.54, 1.807) is 12.1 Å². The molecule has 2 aromatic carbocycles. The second-order valence-electron chi connectivity index (χ2n) is 4.59. The Bertz CT molecular complexity index is 628. The third-order valence-electron chi connectivity index (χ3n) is 3.32. The number of benzene rings is 2. The average molecular weight is 279 g/mol. The maximum absolute atomic E-state index is 13.8. The lowest BCUT2D eigenvalue weighted by atomic mass is 9.97. The average Bonchev–Trinajstić information content (AvgIpc) is 2.85. The molecule has 2 nitrogen and oxygen atoms in total. The summed E-state index contributed by atoms with van der Waals surface area (Å²) in [5.74, 6) is -0.503. The lowest BCUT2D eigenvalue weighted by Gasteiger charge is -2.13. The smallest absolute Gasteiger partial charge is 0.130 e. The van der Waals surface area contributed by atoms with Crippen LogP contribution in [-0.2, 0) is 18.0 Å². The summed E-state index contributed by atoms with van der Waals surface area (Å²) in [6.07, 6.45) is -0.997. The largest absolute Gasteiger partial charge is 0.384 e. The van der Waals surface area contributed by atoms with Crippen LogP contribution in [0.25, 0.3) is 0 Å². The van der Waals surface area contributed by atoms with Crippen LogP contribution in [0.5, 0.6) is 0 Å². The molecule has 1 aliphatic rings. The highest BCUT2D eigenvalue weighted by atomic mass is 35.5. The SMILES string of the molecule is OC(c1ccc2c(c1)COC2)c1ccc(Cl)cc1F. The predicted octanol–water partition coefficient (Wildman–Crippen LogP) is 3.59. The molecular weight excluding hydrogens is 267 g/mol. The van der Waals surface area contributed by atoms with Crippen molar-refractivity contribution in [2.24, 2.45) is 0 Å². The fourth-order valence-corrected chi connectivity index (χ4v) is 2.42. The quantitative estimate of drug-likeness (QED) is 0.910. The summed E-state index contributed by atoms with van der Waals surface area (Å²) >= 11 is 5.71. The molecule has 1 aliphatic heterocycles. The summed E-state index contributed by atoms with van der Waals surface area (Å²) in [5.41, 5.74) is 3.05. The number of aliphatic hydroxyl groups excluding tert-OH is 1. The van der Waals surface area contributed by atoms with Crippen molar-refractivity contribution in [2.45, 2.75) is 19.3 Å². The van der Waals surface area contributed by atoms with Gasteiger partial charge >= 0.3 is 0 Å². The molecule has 0 aliphatic carbocycles. The van der Waals surface area contributed by atoms with Crippen LogP contribution in [0.4, 0.5) is 4.39 Å². The van der Waals surface area contributed by atoms with Crippen molar-refractivity contribution in [1.29, 1.82) is 0 Å². The van der Waals surface area contributed by atoms with E-state index in [4.69, 9.17) is 16.3 Å². The van der Waals surface area contributed by atoms with Crippen LogP contribution in [0.1, 0.15) is 28.4 Å². The Labute approximate surface area is 115 Å². The van der Waals surface area contributed by atoms with Crippen LogP contribution in [0.2, 0.25) is 5.02 Å². The van der Waals surface area contributed by atoms with Gasteiger partial charge in [-0.2, -0.15) is 0 Å². The van der Waals surface area contributed by atoms with Gasteiger partial charge in [0.05, 0.1) is 13.2 Å². The molecule has 0 saturated heterocycles. The molecule has 2 aromatic rings. The van der Waals surface area contributed by atoms with E-state index in [1.807, 2.05) is 12.1 Å². The summed E-state index contributed by atoms with van der Waals surface area (Å²) in [7, 11) is 0. The number of rotatable bonds is 2. The zero-order valence-corrected chi connectivity index (χ0v) is 10.8. The molecule has 1 N–H and O–H groups in total. The van der Waals surface area contributed by atoms with E-state index in [0.717, 1.165) is 11.1 Å². The van der Waals surface area contributed by atoms with Crippen LogP contribution < -0.4 is 0 Å². The van der Waals surface area contributed by atoms with E-state index >= 15 is 0 Å². The summed E-state index contributed by atoms with van der Waals surface area (Å²) in [6.45, 7) is 1.14. The van der Waals surface area contributed by atoms with Crippen molar-refractivity contribution < 1.29 is 14.2 Å². The molecule has 0 aromatic heterocycles. The van der Waals surface area contributed by atoms with E-state index in [1.165, 1.54) is 12.1 Å². The van der Waals surface area contributed by atoms with E-state index < -0.39 is 11.9 Å². The van der Waals surface area contributed by atoms with Gasteiger partial charge in [0.15, 0.2) is 0 Å². The Balaban J connectivity index is 1.97. The maximum Gasteiger partial charge on any atom is 0.130 e. The molecule has 0 spiro atoms. The van der Waals surface area contributed by atoms with Crippen molar-refractivity contribution in [1.82, 2.24) is 0 Å². The molecule has 98 valence electrons. The lowest BCUT2D eigenvalue weighted by molar-refractivity contribution is 0.134. The van der Waals surface area contributed by atoms with Crippen LogP contribution in [0.3, 0.4) is 0 Å². The van der Waals surface area contributed by atoms with Gasteiger partial charge in [0.2, 0.25) is 0 Å². The van der Waals surface area contributed by atoms with E-state index in [-0.39, 0.29) is 5.56 Å². The number of halogens is 2. The summed E-state index contributed by atoms with van der Waals surface area (Å²) in [6, 6.07) is 9.85. The third-order valence-corrected chi connectivity index (χ3v) is 3.55. The first-order valence-corrected chi connectivity index (χ1v) is 6.35. The molecule has 1 heterocycles. The number of hydrogen-bond acceptors (Lipinski definition) is 2. The molecule has 0 saturated carbocycles. The lowest BCUT2D eigenvalue weighted by Crippen LogP contribution is -2.03. The van der Waals surface area contributed by atoms with Crippen molar-refractivity contribution in [2.75, 3.05) is 0 Å². The molecule has 4 heteroatoms. The molecule has 0 fully saturated rings. The van der Waals surface area contributed by atoms with Gasteiger partial charge < -0.3 is 9.84 Å². The second-order valence-corrected chi connectivity index (χ2v) is 5.03. The van der Waals surface area contributed by atoms with E-state index in [0.29, 0.717) is 23.8 Å². The van der Waals surface area contributed by atoms with Crippen LogP contribution in [-0.4, -0.2) is 5.11 Å². The molecule has 0 bridgehead atoms. The maximum atomic E-state index is 13.8. The highest BCUT2D eigenvalue weighted by Crippen LogP contribution is 2.29. The Morgan fingerprint density at radius 2 is 1.89 bits per heavy atom. The molecule has 1 atom stereocenters. The predicted molar refractivity (Wildman–Crippen MR) is 70.4 cm³/mol. The topological polar surface area (TPSA) is 29.5 Å². The third kappa shape index (κ3) is 2.37. The highest BCUT2D eigenvalue weighted by molar-refractivity contribution is 6.30. The van der Waals surface area contributed by atoms with Crippen molar-refractivity contribution in [3.8, 4) is 0 Å². The Morgan fingerprint density at radius 1 is 1.11 bits per heavy atom. The minimum absolute atomic E-state index is 0.225. The van der Waals surface area contributed by atoms with Crippen LogP contribution in [0.15, 0.2) is 36.4 Å². The molecule has 0 amide bonds. The number of aliphatic hydroxyl groups is 1. The minimum atomic E-state index is -0.997. The number of ether oxygens (including phenoxy) is 1. The Hall–Kier alpha value is -1.42. The first-order chi connectivity index (χ1) is 9.15. The Morgan fingerprint density at radius 3 is 2.68 bits per heavy atom.